The van der Waals surface area contributed by atoms with Gasteiger partial charge in [0.05, 0.1) is 6.61 Å². The van der Waals surface area contributed by atoms with Crippen LogP contribution < -0.4 is 5.32 Å². The smallest absolute Gasteiger partial charge is 0.0587 e. The highest BCUT2D eigenvalue weighted by Crippen LogP contribution is 2.14. The largest absolute Gasteiger partial charge is 0.395 e. The average Bonchev–Trinajstić information content (AvgIpc) is 2.38. The van der Waals surface area contributed by atoms with Crippen molar-refractivity contribution in [1.82, 2.24) is 5.32 Å². The van der Waals surface area contributed by atoms with E-state index in [2.05, 4.69) is 29.6 Å². The van der Waals surface area contributed by atoms with Gasteiger partial charge in [-0.05, 0) is 30.5 Å². The topological polar surface area (TPSA) is 32.3 Å². The van der Waals surface area contributed by atoms with Gasteiger partial charge >= 0.3 is 0 Å². The Kier molecular flexibility index (Phi) is 2.62. The van der Waals surface area contributed by atoms with Gasteiger partial charge in [0.2, 0.25) is 0 Å². The highest BCUT2D eigenvalue weighted by Gasteiger charge is 2.13. The summed E-state index contributed by atoms with van der Waals surface area (Å²) in [6.45, 7) is 1.20. The lowest BCUT2D eigenvalue weighted by molar-refractivity contribution is 0.244. The first-order chi connectivity index (χ1) is 6.40. The predicted octanol–water partition coefficient (Wildman–Crippen LogP) is 0.736. The molecular weight excluding hydrogens is 162 g/mol. The zero-order valence-corrected chi connectivity index (χ0v) is 7.66. The molecule has 0 saturated carbocycles. The lowest BCUT2D eigenvalue weighted by atomic mass is 10.0. The van der Waals surface area contributed by atoms with E-state index >= 15 is 0 Å². The Bertz CT molecular complexity index is 285. The normalized spacial score (nSPS) is 22.1. The minimum absolute atomic E-state index is 0.230. The van der Waals surface area contributed by atoms with Crippen LogP contribution in [0.5, 0.6) is 0 Å². The molecule has 2 rings (SSSR count). The molecule has 1 aromatic rings. The van der Waals surface area contributed by atoms with E-state index < -0.39 is 0 Å². The summed E-state index contributed by atoms with van der Waals surface area (Å²) in [6.07, 6.45) is 2.03. The van der Waals surface area contributed by atoms with Gasteiger partial charge in [0.25, 0.3) is 0 Å². The van der Waals surface area contributed by atoms with Gasteiger partial charge in [-0.15, -0.1) is 0 Å². The fourth-order valence-corrected chi connectivity index (χ4v) is 1.88. The third-order valence-corrected chi connectivity index (χ3v) is 2.63. The van der Waals surface area contributed by atoms with Gasteiger partial charge < -0.3 is 10.4 Å². The molecule has 0 aliphatic carbocycles. The molecule has 1 aliphatic heterocycles. The fourth-order valence-electron chi connectivity index (χ4n) is 1.88. The maximum absolute atomic E-state index is 9.08. The van der Waals surface area contributed by atoms with Crippen LogP contribution in [0.1, 0.15) is 11.1 Å². The molecule has 1 heterocycles. The van der Waals surface area contributed by atoms with Crippen molar-refractivity contribution in [2.24, 2.45) is 0 Å². The summed E-state index contributed by atoms with van der Waals surface area (Å²) in [4.78, 5) is 0. The van der Waals surface area contributed by atoms with Crippen molar-refractivity contribution >= 4 is 0 Å². The molecule has 1 aliphatic rings. The van der Waals surface area contributed by atoms with Crippen molar-refractivity contribution in [1.29, 1.82) is 0 Å². The second kappa shape index (κ2) is 3.90. The van der Waals surface area contributed by atoms with E-state index in [4.69, 9.17) is 5.11 Å². The number of nitrogens with one attached hydrogen (secondary N) is 1. The van der Waals surface area contributed by atoms with Gasteiger partial charge in [-0.1, -0.05) is 24.3 Å². The number of aliphatic hydroxyl groups is 1. The first-order valence-electron chi connectivity index (χ1n) is 4.81. The lowest BCUT2D eigenvalue weighted by Crippen LogP contribution is -2.33. The molecule has 1 atom stereocenters. The molecule has 70 valence electrons. The van der Waals surface area contributed by atoms with E-state index in [1.807, 2.05) is 0 Å². The first kappa shape index (κ1) is 8.73. The molecule has 2 heteroatoms. The van der Waals surface area contributed by atoms with E-state index in [1.165, 1.54) is 11.1 Å². The van der Waals surface area contributed by atoms with Crippen LogP contribution in [0.3, 0.4) is 0 Å². The number of fused-ring (bicyclic) bond motifs is 1. The summed E-state index contributed by atoms with van der Waals surface area (Å²) in [5.74, 6) is 0. The van der Waals surface area contributed by atoms with E-state index in [9.17, 15) is 0 Å². The molecule has 0 fully saturated rings. The zero-order valence-electron chi connectivity index (χ0n) is 7.66. The molecule has 0 amide bonds. The first-order valence-corrected chi connectivity index (χ1v) is 4.81. The van der Waals surface area contributed by atoms with Crippen molar-refractivity contribution in [2.75, 3.05) is 13.2 Å². The Morgan fingerprint density at radius 3 is 2.85 bits per heavy atom. The molecule has 0 bridgehead atoms. The van der Waals surface area contributed by atoms with Crippen molar-refractivity contribution in [3.63, 3.8) is 0 Å². The van der Waals surface area contributed by atoms with Gasteiger partial charge in [-0.3, -0.25) is 0 Å². The minimum Gasteiger partial charge on any atom is -0.395 e. The quantitative estimate of drug-likeness (QED) is 0.663. The SMILES string of the molecule is OCC1Cc2ccccc2CCN1. The average molecular weight is 177 g/mol. The number of aliphatic hydroxyl groups excluding tert-OH is 1. The molecular formula is C11H15NO. The summed E-state index contributed by atoms with van der Waals surface area (Å²) in [5, 5.41) is 12.4. The maximum atomic E-state index is 9.08. The molecule has 1 aromatic carbocycles. The van der Waals surface area contributed by atoms with Gasteiger partial charge in [0, 0.05) is 6.04 Å². The van der Waals surface area contributed by atoms with Crippen LogP contribution in [0.25, 0.3) is 0 Å². The number of benzene rings is 1. The van der Waals surface area contributed by atoms with E-state index in [1.54, 1.807) is 0 Å². The monoisotopic (exact) mass is 177 g/mol. The molecule has 2 N–H and O–H groups in total. The van der Waals surface area contributed by atoms with Gasteiger partial charge in [0.1, 0.15) is 0 Å². The third-order valence-electron chi connectivity index (χ3n) is 2.63. The fraction of sp³-hybridized carbons (Fsp3) is 0.455. The van der Waals surface area contributed by atoms with Crippen LogP contribution in [0.4, 0.5) is 0 Å². The molecule has 2 nitrogen and oxygen atoms in total. The van der Waals surface area contributed by atoms with E-state index in [-0.39, 0.29) is 12.6 Å². The van der Waals surface area contributed by atoms with Crippen molar-refractivity contribution in [3.05, 3.63) is 35.4 Å². The van der Waals surface area contributed by atoms with Crippen LogP contribution in [0.2, 0.25) is 0 Å². The summed E-state index contributed by atoms with van der Waals surface area (Å²) >= 11 is 0. The lowest BCUT2D eigenvalue weighted by Gasteiger charge is -2.12. The van der Waals surface area contributed by atoms with Gasteiger partial charge in [-0.25, -0.2) is 0 Å². The standard InChI is InChI=1S/C11H15NO/c13-8-11-7-10-4-2-1-3-9(10)5-6-12-11/h1-4,11-13H,5-8H2. The van der Waals surface area contributed by atoms with Gasteiger partial charge in [0.15, 0.2) is 0 Å². The third kappa shape index (κ3) is 1.90. The summed E-state index contributed by atoms with van der Waals surface area (Å²) < 4.78 is 0. The Morgan fingerprint density at radius 2 is 2.08 bits per heavy atom. The van der Waals surface area contributed by atoms with Crippen molar-refractivity contribution < 1.29 is 5.11 Å². The van der Waals surface area contributed by atoms with E-state index in [0.29, 0.717) is 0 Å². The molecule has 13 heavy (non-hydrogen) atoms. The number of rotatable bonds is 1. The summed E-state index contributed by atoms with van der Waals surface area (Å²) in [7, 11) is 0. The van der Waals surface area contributed by atoms with Crippen LogP contribution >= 0.6 is 0 Å². The molecule has 0 aromatic heterocycles. The van der Waals surface area contributed by atoms with Gasteiger partial charge in [-0.2, -0.15) is 0 Å². The number of hydrogen-bond acceptors (Lipinski definition) is 2. The van der Waals surface area contributed by atoms with Crippen LogP contribution in [-0.2, 0) is 12.8 Å². The van der Waals surface area contributed by atoms with Crippen LogP contribution in [-0.4, -0.2) is 24.3 Å². The zero-order chi connectivity index (χ0) is 9.10. The Labute approximate surface area is 78.6 Å². The maximum Gasteiger partial charge on any atom is 0.0587 e. The van der Waals surface area contributed by atoms with Crippen molar-refractivity contribution in [2.45, 2.75) is 18.9 Å². The Morgan fingerprint density at radius 1 is 1.31 bits per heavy atom. The van der Waals surface area contributed by atoms with Crippen LogP contribution in [0, 0.1) is 0 Å². The van der Waals surface area contributed by atoms with Crippen LogP contribution in [0.15, 0.2) is 24.3 Å². The molecule has 1 unspecified atom stereocenters. The highest BCUT2D eigenvalue weighted by molar-refractivity contribution is 5.29. The summed E-state index contributed by atoms with van der Waals surface area (Å²) in [6, 6.07) is 8.72. The van der Waals surface area contributed by atoms with E-state index in [0.717, 1.165) is 19.4 Å². The second-order valence-corrected chi connectivity index (χ2v) is 3.56. The van der Waals surface area contributed by atoms with Crippen molar-refractivity contribution in [3.8, 4) is 0 Å². The Hall–Kier alpha value is -0.860. The molecule has 0 spiro atoms. The molecule has 0 saturated heterocycles. The summed E-state index contributed by atoms with van der Waals surface area (Å²) in [5.41, 5.74) is 2.80. The Balaban J connectivity index is 2.23. The predicted molar refractivity (Wildman–Crippen MR) is 52.7 cm³/mol. The minimum atomic E-state index is 0.230. The second-order valence-electron chi connectivity index (χ2n) is 3.56. The highest BCUT2D eigenvalue weighted by atomic mass is 16.3. The number of hydrogen-bond donors (Lipinski definition) is 2. The molecule has 0 radical (unpaired) electrons.